The second kappa shape index (κ2) is 12.7. The van der Waals surface area contributed by atoms with Crippen molar-refractivity contribution >= 4 is 51.4 Å². The third kappa shape index (κ3) is 12.7. The van der Waals surface area contributed by atoms with Gasteiger partial charge in [0.25, 0.3) is 0 Å². The van der Waals surface area contributed by atoms with Crippen LogP contribution in [0.15, 0.2) is 30.6 Å². The summed E-state index contributed by atoms with van der Waals surface area (Å²) in [5.74, 6) is 0. The SMILES string of the molecule is CCN(O)CC.[KH].c1ccncc1. The van der Waals surface area contributed by atoms with E-state index in [1.807, 2.05) is 32.0 Å². The van der Waals surface area contributed by atoms with Crippen LogP contribution in [0.2, 0.25) is 0 Å². The molecule has 1 aromatic rings. The number of hydroxylamine groups is 2. The Morgan fingerprint density at radius 2 is 1.54 bits per heavy atom. The topological polar surface area (TPSA) is 36.4 Å². The monoisotopic (exact) mass is 208 g/mol. The summed E-state index contributed by atoms with van der Waals surface area (Å²) in [5.41, 5.74) is 0. The molecular weight excluding hydrogens is 191 g/mol. The zero-order valence-corrected chi connectivity index (χ0v) is 7.64. The number of aromatic nitrogens is 1. The normalized spacial score (nSPS) is 8.31. The molecular formula is C9H17KN2O. The van der Waals surface area contributed by atoms with Crippen LogP contribution < -0.4 is 0 Å². The summed E-state index contributed by atoms with van der Waals surface area (Å²) in [6.45, 7) is 5.25. The third-order valence-corrected chi connectivity index (χ3v) is 1.30. The first-order valence-corrected chi connectivity index (χ1v) is 4.10. The van der Waals surface area contributed by atoms with Gasteiger partial charge in [0.1, 0.15) is 0 Å². The van der Waals surface area contributed by atoms with Gasteiger partial charge in [-0.05, 0) is 12.1 Å². The van der Waals surface area contributed by atoms with E-state index in [0.717, 1.165) is 13.1 Å². The molecule has 0 spiro atoms. The molecule has 0 bridgehead atoms. The first-order chi connectivity index (χ1) is 5.81. The van der Waals surface area contributed by atoms with Crippen molar-refractivity contribution in [3.05, 3.63) is 30.6 Å². The van der Waals surface area contributed by atoms with Crippen LogP contribution in [-0.2, 0) is 0 Å². The van der Waals surface area contributed by atoms with Gasteiger partial charge in [-0.3, -0.25) is 4.98 Å². The van der Waals surface area contributed by atoms with Gasteiger partial charge in [0.2, 0.25) is 0 Å². The molecule has 1 N–H and O–H groups in total. The van der Waals surface area contributed by atoms with Gasteiger partial charge >= 0.3 is 51.4 Å². The third-order valence-electron chi connectivity index (χ3n) is 1.30. The van der Waals surface area contributed by atoms with E-state index in [-0.39, 0.29) is 51.4 Å². The van der Waals surface area contributed by atoms with E-state index in [2.05, 4.69) is 4.98 Å². The Bertz CT molecular complexity index is 142. The van der Waals surface area contributed by atoms with Crippen LogP contribution in [0.25, 0.3) is 0 Å². The molecule has 0 aliphatic heterocycles. The molecule has 1 heterocycles. The minimum Gasteiger partial charge on any atom is -0.265 e. The maximum absolute atomic E-state index is 8.50. The van der Waals surface area contributed by atoms with E-state index in [0.29, 0.717) is 0 Å². The average molecular weight is 208 g/mol. The molecule has 0 aromatic carbocycles. The van der Waals surface area contributed by atoms with Crippen molar-refractivity contribution < 1.29 is 5.21 Å². The molecule has 1 aromatic heterocycles. The summed E-state index contributed by atoms with van der Waals surface area (Å²) in [6, 6.07) is 5.72. The number of nitrogens with zero attached hydrogens (tertiary/aromatic N) is 2. The second-order valence-corrected chi connectivity index (χ2v) is 2.16. The fourth-order valence-corrected chi connectivity index (χ4v) is 0.536. The molecule has 0 fully saturated rings. The molecule has 0 unspecified atom stereocenters. The van der Waals surface area contributed by atoms with Gasteiger partial charge in [0.15, 0.2) is 0 Å². The number of hydrogen-bond donors (Lipinski definition) is 1. The minimum atomic E-state index is 0. The van der Waals surface area contributed by atoms with Gasteiger partial charge in [-0.15, -0.1) is 0 Å². The molecule has 0 aliphatic rings. The van der Waals surface area contributed by atoms with Gasteiger partial charge in [-0.2, -0.15) is 5.06 Å². The van der Waals surface area contributed by atoms with Crippen LogP contribution in [0, 0.1) is 0 Å². The second-order valence-electron chi connectivity index (χ2n) is 2.16. The summed E-state index contributed by atoms with van der Waals surface area (Å²) >= 11 is 0. The van der Waals surface area contributed by atoms with E-state index >= 15 is 0 Å². The molecule has 3 nitrogen and oxygen atoms in total. The van der Waals surface area contributed by atoms with Crippen LogP contribution >= 0.6 is 0 Å². The summed E-state index contributed by atoms with van der Waals surface area (Å²) in [4.78, 5) is 3.78. The van der Waals surface area contributed by atoms with Crippen LogP contribution in [0.1, 0.15) is 13.8 Å². The molecule has 0 aliphatic carbocycles. The van der Waals surface area contributed by atoms with Gasteiger partial charge in [0, 0.05) is 25.5 Å². The Labute approximate surface area is 123 Å². The van der Waals surface area contributed by atoms with E-state index in [4.69, 9.17) is 5.21 Å². The maximum Gasteiger partial charge on any atom is 0.0267 e. The summed E-state index contributed by atoms with van der Waals surface area (Å²) in [6.07, 6.45) is 3.50. The Kier molecular flexibility index (Phi) is 15.8. The van der Waals surface area contributed by atoms with Crippen LogP contribution in [0.4, 0.5) is 0 Å². The van der Waals surface area contributed by atoms with Gasteiger partial charge in [-0.25, -0.2) is 0 Å². The first kappa shape index (κ1) is 16.1. The predicted octanol–water partition coefficient (Wildman–Crippen LogP) is 1.15. The largest absolute Gasteiger partial charge is 0.265 e. The van der Waals surface area contributed by atoms with Crippen molar-refractivity contribution in [1.29, 1.82) is 0 Å². The zero-order chi connectivity index (χ0) is 9.23. The number of rotatable bonds is 2. The molecule has 1 rings (SSSR count). The average Bonchev–Trinajstić information content (AvgIpc) is 2.20. The van der Waals surface area contributed by atoms with E-state index in [1.165, 1.54) is 5.06 Å². The Hall–Kier alpha value is 0.706. The van der Waals surface area contributed by atoms with Crippen LogP contribution in [0.5, 0.6) is 0 Å². The van der Waals surface area contributed by atoms with Crippen molar-refractivity contribution in [3.8, 4) is 0 Å². The zero-order valence-electron chi connectivity index (χ0n) is 7.64. The number of hydrogen-bond acceptors (Lipinski definition) is 3. The van der Waals surface area contributed by atoms with Gasteiger partial charge < -0.3 is 5.21 Å². The van der Waals surface area contributed by atoms with Crippen molar-refractivity contribution in [1.82, 2.24) is 10.0 Å². The molecule has 0 amide bonds. The summed E-state index contributed by atoms with van der Waals surface area (Å²) in [5, 5.41) is 9.75. The number of pyridine rings is 1. The first-order valence-electron chi connectivity index (χ1n) is 4.10. The molecule has 4 heteroatoms. The summed E-state index contributed by atoms with van der Waals surface area (Å²) in [7, 11) is 0. The molecule has 0 saturated heterocycles. The molecule has 0 atom stereocenters. The molecule has 0 radical (unpaired) electrons. The molecule has 0 saturated carbocycles. The Morgan fingerprint density at radius 3 is 1.62 bits per heavy atom. The Morgan fingerprint density at radius 1 is 1.08 bits per heavy atom. The predicted molar refractivity (Wildman–Crippen MR) is 56.1 cm³/mol. The minimum absolute atomic E-state index is 0. The fraction of sp³-hybridized carbons (Fsp3) is 0.444. The molecule has 13 heavy (non-hydrogen) atoms. The van der Waals surface area contributed by atoms with Crippen molar-refractivity contribution in [3.63, 3.8) is 0 Å². The fourth-order valence-electron chi connectivity index (χ4n) is 0.536. The van der Waals surface area contributed by atoms with Crippen molar-refractivity contribution in [2.75, 3.05) is 13.1 Å². The summed E-state index contributed by atoms with van der Waals surface area (Å²) < 4.78 is 0. The van der Waals surface area contributed by atoms with Crippen molar-refractivity contribution in [2.45, 2.75) is 13.8 Å². The maximum atomic E-state index is 8.50. The molecule has 70 valence electrons. The van der Waals surface area contributed by atoms with Crippen molar-refractivity contribution in [2.24, 2.45) is 0 Å². The van der Waals surface area contributed by atoms with E-state index < -0.39 is 0 Å². The van der Waals surface area contributed by atoms with E-state index in [1.54, 1.807) is 12.4 Å². The quantitative estimate of drug-likeness (QED) is 0.585. The van der Waals surface area contributed by atoms with Gasteiger partial charge in [0.05, 0.1) is 0 Å². The smallest absolute Gasteiger partial charge is 0.0267 e. The van der Waals surface area contributed by atoms with E-state index in [9.17, 15) is 0 Å². The van der Waals surface area contributed by atoms with Gasteiger partial charge in [-0.1, -0.05) is 19.9 Å². The van der Waals surface area contributed by atoms with Crippen LogP contribution in [-0.4, -0.2) is 79.7 Å². The van der Waals surface area contributed by atoms with Crippen LogP contribution in [0.3, 0.4) is 0 Å². The Balaban J connectivity index is 0. The standard InChI is InChI=1S/C5H5N.C4H11NO.K.H/c1-2-4-6-5-3-1;1-3-5(6)4-2;;/h1-5H;6H,3-4H2,1-2H3;;.